The van der Waals surface area contributed by atoms with Crippen LogP contribution >= 0.6 is 0 Å². The molecule has 0 heterocycles. The molecule has 0 spiro atoms. The van der Waals surface area contributed by atoms with Gasteiger partial charge in [-0.1, -0.05) is 26.0 Å². The largest absolute Gasteiger partial charge is 0.337 e. The van der Waals surface area contributed by atoms with Crippen LogP contribution < -0.4 is 5.32 Å². The molecule has 0 saturated carbocycles. The van der Waals surface area contributed by atoms with Crippen molar-refractivity contribution in [2.24, 2.45) is 0 Å². The van der Waals surface area contributed by atoms with Crippen LogP contribution in [-0.2, 0) is 14.8 Å². The minimum atomic E-state index is -3.45. The van der Waals surface area contributed by atoms with E-state index in [1.54, 1.807) is 24.3 Å². The molecule has 1 amide bonds. The third-order valence-electron chi connectivity index (χ3n) is 4.68. The van der Waals surface area contributed by atoms with Crippen molar-refractivity contribution in [2.75, 3.05) is 19.6 Å². The van der Waals surface area contributed by atoms with Crippen LogP contribution in [0.1, 0.15) is 60.1 Å². The summed E-state index contributed by atoms with van der Waals surface area (Å²) in [6.45, 7) is 14.8. The molecular formula is C20H35N3O3S. The summed E-state index contributed by atoms with van der Waals surface area (Å²) in [5.74, 6) is 0.0626. The monoisotopic (exact) mass is 397 g/mol. The van der Waals surface area contributed by atoms with Gasteiger partial charge in [-0.15, -0.1) is 0 Å². The lowest BCUT2D eigenvalue weighted by Crippen LogP contribution is -2.46. The van der Waals surface area contributed by atoms with Gasteiger partial charge in [-0.2, -0.15) is 4.31 Å². The second-order valence-electron chi connectivity index (χ2n) is 7.25. The number of carbonyl (C=O) groups excluding carboxylic acids is 1. The SMILES string of the molecule is CCN(CC)S(=O)(=O)c1ccc([C@@H](C)NCC(=O)N(C(C)C)C(C)C)cc1. The van der Waals surface area contributed by atoms with E-state index >= 15 is 0 Å². The van der Waals surface area contributed by atoms with Crippen LogP contribution in [0.3, 0.4) is 0 Å². The number of nitrogens with one attached hydrogen (secondary N) is 1. The van der Waals surface area contributed by atoms with Gasteiger partial charge in [-0.05, 0) is 52.3 Å². The highest BCUT2D eigenvalue weighted by molar-refractivity contribution is 7.89. The molecule has 0 aliphatic rings. The first kappa shape index (κ1) is 23.6. The van der Waals surface area contributed by atoms with Crippen LogP contribution in [0.15, 0.2) is 29.2 Å². The molecule has 7 heteroatoms. The van der Waals surface area contributed by atoms with Crippen molar-refractivity contribution in [3.63, 3.8) is 0 Å². The highest BCUT2D eigenvalue weighted by Crippen LogP contribution is 2.19. The molecule has 27 heavy (non-hydrogen) atoms. The molecule has 1 aromatic carbocycles. The molecule has 0 saturated heterocycles. The first-order valence-corrected chi connectivity index (χ1v) is 11.1. The summed E-state index contributed by atoms with van der Waals surface area (Å²) in [5.41, 5.74) is 0.946. The van der Waals surface area contributed by atoms with Crippen molar-refractivity contribution in [1.29, 1.82) is 0 Å². The van der Waals surface area contributed by atoms with Gasteiger partial charge in [-0.3, -0.25) is 4.79 Å². The molecule has 6 nitrogen and oxygen atoms in total. The van der Waals surface area contributed by atoms with Crippen molar-refractivity contribution in [2.45, 2.75) is 71.5 Å². The topological polar surface area (TPSA) is 69.7 Å². The van der Waals surface area contributed by atoms with Gasteiger partial charge in [0.15, 0.2) is 0 Å². The summed E-state index contributed by atoms with van der Waals surface area (Å²) in [7, 11) is -3.45. The Hall–Kier alpha value is -1.44. The van der Waals surface area contributed by atoms with Gasteiger partial charge in [0.25, 0.3) is 0 Å². The summed E-state index contributed by atoms with van der Waals surface area (Å²) in [4.78, 5) is 14.6. The molecule has 0 aliphatic heterocycles. The fourth-order valence-corrected chi connectivity index (χ4v) is 4.72. The zero-order chi connectivity index (χ0) is 20.8. The molecule has 1 N–H and O–H groups in total. The van der Waals surface area contributed by atoms with E-state index in [0.29, 0.717) is 18.0 Å². The summed E-state index contributed by atoms with van der Waals surface area (Å²) in [6.07, 6.45) is 0. The van der Waals surface area contributed by atoms with Gasteiger partial charge in [0.05, 0.1) is 11.4 Å². The van der Waals surface area contributed by atoms with Crippen molar-refractivity contribution in [1.82, 2.24) is 14.5 Å². The van der Waals surface area contributed by atoms with Crippen LogP contribution in [0.2, 0.25) is 0 Å². The number of hydrogen-bond acceptors (Lipinski definition) is 4. The van der Waals surface area contributed by atoms with E-state index in [9.17, 15) is 13.2 Å². The Morgan fingerprint density at radius 2 is 1.44 bits per heavy atom. The number of nitrogens with zero attached hydrogens (tertiary/aromatic N) is 2. The summed E-state index contributed by atoms with van der Waals surface area (Å²) in [6, 6.07) is 7.14. The zero-order valence-electron chi connectivity index (χ0n) is 17.7. The molecule has 0 aliphatic carbocycles. The number of benzene rings is 1. The number of amides is 1. The first-order chi connectivity index (χ1) is 12.6. The number of rotatable bonds is 10. The molecule has 0 unspecified atom stereocenters. The molecule has 0 bridgehead atoms. The first-order valence-electron chi connectivity index (χ1n) is 9.70. The molecule has 1 rings (SSSR count). The molecule has 0 fully saturated rings. The van der Waals surface area contributed by atoms with Crippen LogP contribution in [0.5, 0.6) is 0 Å². The van der Waals surface area contributed by atoms with Crippen molar-refractivity contribution in [3.8, 4) is 0 Å². The normalized spacial score (nSPS) is 13.4. The average Bonchev–Trinajstić information content (AvgIpc) is 2.60. The van der Waals surface area contributed by atoms with Crippen LogP contribution in [-0.4, -0.2) is 55.2 Å². The van der Waals surface area contributed by atoms with Gasteiger partial charge in [0.2, 0.25) is 15.9 Å². The average molecular weight is 398 g/mol. The number of carbonyl (C=O) groups is 1. The molecule has 0 aromatic heterocycles. The third kappa shape index (κ3) is 6.02. The highest BCUT2D eigenvalue weighted by atomic mass is 32.2. The van der Waals surface area contributed by atoms with Gasteiger partial charge in [0.1, 0.15) is 0 Å². The van der Waals surface area contributed by atoms with Crippen LogP contribution in [0.25, 0.3) is 0 Å². The van der Waals surface area contributed by atoms with Crippen molar-refractivity contribution < 1.29 is 13.2 Å². The molecule has 1 aromatic rings. The van der Waals surface area contributed by atoms with Gasteiger partial charge in [0, 0.05) is 31.2 Å². The Morgan fingerprint density at radius 3 is 1.85 bits per heavy atom. The number of sulfonamides is 1. The second kappa shape index (κ2) is 10.2. The predicted molar refractivity (Wildman–Crippen MR) is 110 cm³/mol. The fourth-order valence-electron chi connectivity index (χ4n) is 3.26. The second-order valence-corrected chi connectivity index (χ2v) is 9.19. The molecule has 1 atom stereocenters. The predicted octanol–water partition coefficient (Wildman–Crippen LogP) is 3.01. The third-order valence-corrected chi connectivity index (χ3v) is 6.75. The van der Waals surface area contributed by atoms with Gasteiger partial charge in [-0.25, -0.2) is 8.42 Å². The minimum Gasteiger partial charge on any atom is -0.337 e. The van der Waals surface area contributed by atoms with E-state index in [1.165, 1.54) is 4.31 Å². The summed E-state index contributed by atoms with van der Waals surface area (Å²) >= 11 is 0. The fraction of sp³-hybridized carbons (Fsp3) is 0.650. The molecule has 154 valence electrons. The Morgan fingerprint density at radius 1 is 0.963 bits per heavy atom. The maximum Gasteiger partial charge on any atom is 0.243 e. The maximum absolute atomic E-state index is 12.6. The van der Waals surface area contributed by atoms with E-state index in [2.05, 4.69) is 5.32 Å². The summed E-state index contributed by atoms with van der Waals surface area (Å²) in [5, 5.41) is 3.24. The van der Waals surface area contributed by atoms with Crippen molar-refractivity contribution in [3.05, 3.63) is 29.8 Å². The van der Waals surface area contributed by atoms with E-state index in [-0.39, 0.29) is 30.6 Å². The van der Waals surface area contributed by atoms with E-state index in [1.807, 2.05) is 53.4 Å². The van der Waals surface area contributed by atoms with Gasteiger partial charge < -0.3 is 10.2 Å². The standard InChI is InChI=1S/C20H35N3O3S/c1-8-22(9-2)27(25,26)19-12-10-18(11-13-19)17(7)21-14-20(24)23(15(3)4)16(5)6/h10-13,15-17,21H,8-9,14H2,1-7H3/t17-/m1/s1. The summed E-state index contributed by atoms with van der Waals surface area (Å²) < 4.78 is 26.5. The Balaban J connectivity index is 2.80. The highest BCUT2D eigenvalue weighted by Gasteiger charge is 2.22. The van der Waals surface area contributed by atoms with E-state index < -0.39 is 10.0 Å². The van der Waals surface area contributed by atoms with Crippen LogP contribution in [0.4, 0.5) is 0 Å². The van der Waals surface area contributed by atoms with Crippen LogP contribution in [0, 0.1) is 0 Å². The lowest BCUT2D eigenvalue weighted by atomic mass is 10.1. The number of hydrogen-bond donors (Lipinski definition) is 1. The van der Waals surface area contributed by atoms with Gasteiger partial charge >= 0.3 is 0 Å². The molecule has 0 radical (unpaired) electrons. The zero-order valence-corrected chi connectivity index (χ0v) is 18.5. The quantitative estimate of drug-likeness (QED) is 0.659. The van der Waals surface area contributed by atoms with E-state index in [0.717, 1.165) is 5.56 Å². The molecular weight excluding hydrogens is 362 g/mol. The Labute approximate surface area is 165 Å². The van der Waals surface area contributed by atoms with Crippen molar-refractivity contribution >= 4 is 15.9 Å². The van der Waals surface area contributed by atoms with E-state index in [4.69, 9.17) is 0 Å². The lowest BCUT2D eigenvalue weighted by Gasteiger charge is -2.31. The Kier molecular flexibility index (Phi) is 8.91. The Bertz CT molecular complexity index is 688. The lowest BCUT2D eigenvalue weighted by molar-refractivity contribution is -0.133. The smallest absolute Gasteiger partial charge is 0.243 e. The minimum absolute atomic E-state index is 0.0552. The maximum atomic E-state index is 12.6.